The Morgan fingerprint density at radius 2 is 2.03 bits per heavy atom. The Labute approximate surface area is 175 Å². The fourth-order valence-corrected chi connectivity index (χ4v) is 3.37. The standard InChI is InChI=1S/C23H24N2O5/c1-3-28-22(26)16(2)25-20(15-30-23(25)27)12-17-7-9-21(10-8-17)29-14-19-6-4-5-18(11-19)13-24/h4-11,16,20H,3,12,14-15H2,1-2H3/t16?,20-/m1/s1. The van der Waals surface area contributed by atoms with Gasteiger partial charge in [0.05, 0.1) is 24.3 Å². The zero-order valence-electron chi connectivity index (χ0n) is 17.0. The maximum absolute atomic E-state index is 12.1. The predicted octanol–water partition coefficient (Wildman–Crippen LogP) is 3.45. The molecule has 1 heterocycles. The first-order valence-corrected chi connectivity index (χ1v) is 9.84. The molecule has 0 aromatic heterocycles. The van der Waals surface area contributed by atoms with Crippen molar-refractivity contribution in [3.63, 3.8) is 0 Å². The number of carbonyl (C=O) groups excluding carboxylic acids is 2. The summed E-state index contributed by atoms with van der Waals surface area (Å²) in [6, 6.07) is 16.0. The lowest BCUT2D eigenvalue weighted by Gasteiger charge is -2.26. The van der Waals surface area contributed by atoms with Crippen LogP contribution in [0.5, 0.6) is 5.75 Å². The van der Waals surface area contributed by atoms with Crippen LogP contribution in [0.25, 0.3) is 0 Å². The summed E-state index contributed by atoms with van der Waals surface area (Å²) < 4.78 is 16.0. The van der Waals surface area contributed by atoms with E-state index in [1.807, 2.05) is 36.4 Å². The molecule has 0 N–H and O–H groups in total. The molecule has 0 radical (unpaired) electrons. The molecule has 2 aromatic carbocycles. The summed E-state index contributed by atoms with van der Waals surface area (Å²) in [5, 5.41) is 8.97. The monoisotopic (exact) mass is 408 g/mol. The third-order valence-electron chi connectivity index (χ3n) is 4.90. The largest absolute Gasteiger partial charge is 0.489 e. The van der Waals surface area contributed by atoms with Gasteiger partial charge in [0.1, 0.15) is 25.0 Å². The quantitative estimate of drug-likeness (QED) is 0.622. The first-order valence-electron chi connectivity index (χ1n) is 9.84. The van der Waals surface area contributed by atoms with Crippen molar-refractivity contribution in [2.24, 2.45) is 0 Å². The molecular weight excluding hydrogens is 384 g/mol. The van der Waals surface area contributed by atoms with Crippen LogP contribution in [-0.4, -0.2) is 42.3 Å². The average Bonchev–Trinajstić information content (AvgIpc) is 3.12. The fourth-order valence-electron chi connectivity index (χ4n) is 3.37. The minimum Gasteiger partial charge on any atom is -0.489 e. The van der Waals surface area contributed by atoms with Gasteiger partial charge in [-0.15, -0.1) is 0 Å². The minimum absolute atomic E-state index is 0.232. The molecule has 1 amide bonds. The Morgan fingerprint density at radius 3 is 2.73 bits per heavy atom. The Balaban J connectivity index is 1.59. The first-order chi connectivity index (χ1) is 14.5. The Hall–Kier alpha value is -3.53. The van der Waals surface area contributed by atoms with Crippen LogP contribution in [0.2, 0.25) is 0 Å². The summed E-state index contributed by atoms with van der Waals surface area (Å²) in [6.07, 6.45) is 0.0556. The van der Waals surface area contributed by atoms with Gasteiger partial charge in [0.25, 0.3) is 0 Å². The van der Waals surface area contributed by atoms with Crippen molar-refractivity contribution in [2.75, 3.05) is 13.2 Å². The maximum Gasteiger partial charge on any atom is 0.410 e. The van der Waals surface area contributed by atoms with Crippen LogP contribution in [-0.2, 0) is 27.3 Å². The highest BCUT2D eigenvalue weighted by Crippen LogP contribution is 2.22. The number of amides is 1. The molecule has 2 aromatic rings. The SMILES string of the molecule is CCOC(=O)C(C)N1C(=O)OC[C@H]1Cc1ccc(OCc2cccc(C#N)c2)cc1. The third kappa shape index (κ3) is 5.09. The molecule has 7 heteroatoms. The molecule has 1 unspecified atom stereocenters. The molecule has 0 bridgehead atoms. The van der Waals surface area contributed by atoms with E-state index in [1.165, 1.54) is 4.90 Å². The van der Waals surface area contributed by atoms with Crippen molar-refractivity contribution in [2.45, 2.75) is 39.0 Å². The summed E-state index contributed by atoms with van der Waals surface area (Å²) in [4.78, 5) is 25.6. The van der Waals surface area contributed by atoms with E-state index >= 15 is 0 Å². The summed E-state index contributed by atoms with van der Waals surface area (Å²) in [7, 11) is 0. The number of nitriles is 1. The molecular formula is C23H24N2O5. The lowest BCUT2D eigenvalue weighted by atomic mass is 10.0. The zero-order chi connectivity index (χ0) is 21.5. The molecule has 7 nitrogen and oxygen atoms in total. The number of hydrogen-bond donors (Lipinski definition) is 0. The van der Waals surface area contributed by atoms with E-state index in [0.717, 1.165) is 11.1 Å². The van der Waals surface area contributed by atoms with E-state index < -0.39 is 18.1 Å². The van der Waals surface area contributed by atoms with Gasteiger partial charge >= 0.3 is 12.1 Å². The second-order valence-electron chi connectivity index (χ2n) is 7.01. The molecule has 1 saturated heterocycles. The van der Waals surface area contributed by atoms with Crippen molar-refractivity contribution in [1.82, 2.24) is 4.90 Å². The van der Waals surface area contributed by atoms with Gasteiger partial charge in [0.15, 0.2) is 0 Å². The molecule has 30 heavy (non-hydrogen) atoms. The van der Waals surface area contributed by atoms with E-state index in [4.69, 9.17) is 19.5 Å². The second-order valence-corrected chi connectivity index (χ2v) is 7.01. The van der Waals surface area contributed by atoms with Crippen molar-refractivity contribution in [1.29, 1.82) is 5.26 Å². The van der Waals surface area contributed by atoms with Gasteiger partial charge in [-0.25, -0.2) is 9.59 Å². The van der Waals surface area contributed by atoms with Gasteiger partial charge < -0.3 is 14.2 Å². The first kappa shape index (κ1) is 21.2. The van der Waals surface area contributed by atoms with Gasteiger partial charge in [-0.05, 0) is 55.7 Å². The van der Waals surface area contributed by atoms with Gasteiger partial charge in [0, 0.05) is 0 Å². The molecule has 0 aliphatic carbocycles. The molecule has 1 aliphatic heterocycles. The van der Waals surface area contributed by atoms with E-state index in [9.17, 15) is 9.59 Å². The van der Waals surface area contributed by atoms with Crippen molar-refractivity contribution in [3.05, 3.63) is 65.2 Å². The molecule has 156 valence electrons. The lowest BCUT2D eigenvalue weighted by molar-refractivity contribution is -0.148. The van der Waals surface area contributed by atoms with Gasteiger partial charge in [-0.1, -0.05) is 24.3 Å². The van der Waals surface area contributed by atoms with Crippen LogP contribution < -0.4 is 4.74 Å². The van der Waals surface area contributed by atoms with Crippen LogP contribution in [0, 0.1) is 11.3 Å². The summed E-state index contributed by atoms with van der Waals surface area (Å²) >= 11 is 0. The number of nitrogens with zero attached hydrogens (tertiary/aromatic N) is 2. The van der Waals surface area contributed by atoms with Gasteiger partial charge in [-0.3, -0.25) is 4.90 Å². The van der Waals surface area contributed by atoms with Crippen LogP contribution in [0.15, 0.2) is 48.5 Å². The third-order valence-corrected chi connectivity index (χ3v) is 4.90. The van der Waals surface area contributed by atoms with Crippen LogP contribution in [0.1, 0.15) is 30.5 Å². The van der Waals surface area contributed by atoms with Crippen molar-refractivity contribution in [3.8, 4) is 11.8 Å². The van der Waals surface area contributed by atoms with Crippen LogP contribution in [0.4, 0.5) is 4.79 Å². The van der Waals surface area contributed by atoms with Crippen molar-refractivity contribution >= 4 is 12.1 Å². The average molecular weight is 408 g/mol. The molecule has 1 aliphatic rings. The highest BCUT2D eigenvalue weighted by Gasteiger charge is 2.39. The number of ether oxygens (including phenoxy) is 3. The molecule has 1 fully saturated rings. The fraction of sp³-hybridized carbons (Fsp3) is 0.348. The molecule has 3 rings (SSSR count). The normalized spacial score (nSPS) is 16.5. The van der Waals surface area contributed by atoms with Gasteiger partial charge in [0.2, 0.25) is 0 Å². The number of carbonyl (C=O) groups is 2. The number of esters is 1. The lowest BCUT2D eigenvalue weighted by Crippen LogP contribution is -2.46. The molecule has 0 spiro atoms. The molecule has 0 saturated carbocycles. The maximum atomic E-state index is 12.1. The van der Waals surface area contributed by atoms with Crippen LogP contribution in [0.3, 0.4) is 0 Å². The number of cyclic esters (lactones) is 1. The van der Waals surface area contributed by atoms with E-state index in [2.05, 4.69) is 6.07 Å². The Kier molecular flexibility index (Phi) is 6.91. The van der Waals surface area contributed by atoms with E-state index in [-0.39, 0.29) is 19.3 Å². The number of rotatable bonds is 8. The summed E-state index contributed by atoms with van der Waals surface area (Å²) in [5.74, 6) is 0.266. The van der Waals surface area contributed by atoms with Gasteiger partial charge in [-0.2, -0.15) is 5.26 Å². The summed E-state index contributed by atoms with van der Waals surface area (Å²) in [5.41, 5.74) is 2.52. The van der Waals surface area contributed by atoms with Crippen molar-refractivity contribution < 1.29 is 23.8 Å². The topological polar surface area (TPSA) is 88.9 Å². The second kappa shape index (κ2) is 9.79. The van der Waals surface area contributed by atoms with E-state index in [1.54, 1.807) is 26.0 Å². The van der Waals surface area contributed by atoms with E-state index in [0.29, 0.717) is 24.3 Å². The smallest absolute Gasteiger partial charge is 0.410 e. The predicted molar refractivity (Wildman–Crippen MR) is 109 cm³/mol. The minimum atomic E-state index is -0.697. The summed E-state index contributed by atoms with van der Waals surface area (Å²) in [6.45, 7) is 4.24. The molecule has 2 atom stereocenters. The Morgan fingerprint density at radius 1 is 1.27 bits per heavy atom. The Bertz CT molecular complexity index is 935. The highest BCUT2D eigenvalue weighted by molar-refractivity contribution is 5.82. The number of benzene rings is 2. The van der Waals surface area contributed by atoms with Crippen LogP contribution >= 0.6 is 0 Å². The zero-order valence-corrected chi connectivity index (χ0v) is 17.0. The highest BCUT2D eigenvalue weighted by atomic mass is 16.6. The number of hydrogen-bond acceptors (Lipinski definition) is 6.